The number of hydrogen-bond acceptors (Lipinski definition) is 7. The van der Waals surface area contributed by atoms with E-state index in [0.717, 1.165) is 23.7 Å². The first kappa shape index (κ1) is 20.3. The molecule has 1 aliphatic rings. The molecule has 0 radical (unpaired) electrons. The number of rotatable bonds is 3. The van der Waals surface area contributed by atoms with Crippen LogP contribution in [0.25, 0.3) is 10.8 Å². The predicted octanol–water partition coefficient (Wildman–Crippen LogP) is 2.24. The van der Waals surface area contributed by atoms with E-state index in [9.17, 15) is 13.5 Å². The molecule has 3 aromatic rings. The molecule has 1 saturated heterocycles. The van der Waals surface area contributed by atoms with Crippen molar-refractivity contribution in [2.24, 2.45) is 0 Å². The molecule has 8 heteroatoms. The lowest BCUT2D eigenvalue weighted by atomic mass is 9.95. The van der Waals surface area contributed by atoms with Crippen molar-refractivity contribution in [2.45, 2.75) is 23.3 Å². The van der Waals surface area contributed by atoms with Gasteiger partial charge in [0.25, 0.3) is 0 Å². The minimum Gasteiger partial charge on any atom is -0.376 e. The summed E-state index contributed by atoms with van der Waals surface area (Å²) < 4.78 is 23.2. The molecule has 1 aliphatic heterocycles. The van der Waals surface area contributed by atoms with Crippen molar-refractivity contribution in [3.63, 3.8) is 0 Å². The average Bonchev–Trinajstić information content (AvgIpc) is 2.72. The number of nitrogens with one attached hydrogen (secondary N) is 2. The van der Waals surface area contributed by atoms with Gasteiger partial charge in [-0.05, 0) is 61.7 Å². The Morgan fingerprint density at radius 1 is 1.20 bits per heavy atom. The third-order valence-electron chi connectivity index (χ3n) is 4.98. The van der Waals surface area contributed by atoms with Gasteiger partial charge in [-0.3, -0.25) is 0 Å². The lowest BCUT2D eigenvalue weighted by Crippen LogP contribution is -2.44. The van der Waals surface area contributed by atoms with Crippen LogP contribution in [-0.4, -0.2) is 48.4 Å². The van der Waals surface area contributed by atoms with Gasteiger partial charge in [0.2, 0.25) is 0 Å². The molecule has 0 aliphatic carbocycles. The summed E-state index contributed by atoms with van der Waals surface area (Å²) in [6, 6.07) is 10.2. The number of anilines is 2. The average molecular weight is 423 g/mol. The minimum absolute atomic E-state index is 0.261. The predicted molar refractivity (Wildman–Crippen MR) is 116 cm³/mol. The molecule has 30 heavy (non-hydrogen) atoms. The maximum absolute atomic E-state index is 11.6. The van der Waals surface area contributed by atoms with Crippen LogP contribution in [0.3, 0.4) is 0 Å². The highest BCUT2D eigenvalue weighted by molar-refractivity contribution is 7.90. The van der Waals surface area contributed by atoms with Crippen LogP contribution >= 0.6 is 0 Å². The highest BCUT2D eigenvalue weighted by atomic mass is 32.2. The molecule has 154 valence electrons. The van der Waals surface area contributed by atoms with E-state index >= 15 is 0 Å². The van der Waals surface area contributed by atoms with Crippen molar-refractivity contribution in [3.05, 3.63) is 54.5 Å². The zero-order valence-electron chi connectivity index (χ0n) is 16.5. The first-order valence-electron chi connectivity index (χ1n) is 9.61. The molecule has 3 heterocycles. The first-order chi connectivity index (χ1) is 14.3. The van der Waals surface area contributed by atoms with Crippen LogP contribution in [-0.2, 0) is 9.84 Å². The van der Waals surface area contributed by atoms with Gasteiger partial charge in [0.05, 0.1) is 4.90 Å². The van der Waals surface area contributed by atoms with Crippen molar-refractivity contribution in [1.82, 2.24) is 15.3 Å². The molecule has 2 aromatic heterocycles. The Bertz CT molecular complexity index is 1240. The zero-order chi connectivity index (χ0) is 21.2. The van der Waals surface area contributed by atoms with Gasteiger partial charge in [-0.2, -0.15) is 0 Å². The Morgan fingerprint density at radius 2 is 2.00 bits per heavy atom. The summed E-state index contributed by atoms with van der Waals surface area (Å²) in [6.07, 6.45) is 6.09. The lowest BCUT2D eigenvalue weighted by molar-refractivity contribution is 0.0736. The second kappa shape index (κ2) is 8.03. The number of nitrogens with zero attached hydrogens (tertiary/aromatic N) is 2. The van der Waals surface area contributed by atoms with Crippen LogP contribution in [0.2, 0.25) is 0 Å². The van der Waals surface area contributed by atoms with E-state index in [1.54, 1.807) is 36.7 Å². The smallest absolute Gasteiger partial charge is 0.175 e. The van der Waals surface area contributed by atoms with E-state index in [-0.39, 0.29) is 4.90 Å². The summed E-state index contributed by atoms with van der Waals surface area (Å²) in [5.74, 6) is 6.61. The molecular weight excluding hydrogens is 400 g/mol. The minimum atomic E-state index is -3.24. The summed E-state index contributed by atoms with van der Waals surface area (Å²) in [4.78, 5) is 9.06. The van der Waals surface area contributed by atoms with Gasteiger partial charge in [-0.15, -0.1) is 0 Å². The highest BCUT2D eigenvalue weighted by Gasteiger charge is 2.26. The number of β-amino-alcohol motifs (C(OH)–C–C–N with tert-alkyl or cyclic N) is 1. The molecule has 4 rings (SSSR count). The standard InChI is InChI=1S/C22H22N4O3S/c1-30(28,29)18-5-3-17(4-6-18)26-21-13-19-16(14-25-21)8-12-24-20(19)7-10-22(27)9-2-11-23-15-22/h3-6,8,12-14,23,27H,2,9,11,15H2,1H3,(H,25,26). The molecule has 0 bridgehead atoms. The van der Waals surface area contributed by atoms with E-state index < -0.39 is 15.4 Å². The third kappa shape index (κ3) is 4.60. The molecule has 0 saturated carbocycles. The largest absolute Gasteiger partial charge is 0.376 e. The molecule has 1 atom stereocenters. The van der Waals surface area contributed by atoms with Crippen molar-refractivity contribution >= 4 is 32.1 Å². The topological polar surface area (TPSA) is 104 Å². The summed E-state index contributed by atoms with van der Waals surface area (Å²) >= 11 is 0. The number of pyridine rings is 2. The van der Waals surface area contributed by atoms with Gasteiger partial charge in [0.1, 0.15) is 17.1 Å². The second-order valence-corrected chi connectivity index (χ2v) is 9.45. The first-order valence-corrected chi connectivity index (χ1v) is 11.5. The number of hydrogen-bond donors (Lipinski definition) is 3. The Labute approximate surface area is 175 Å². The van der Waals surface area contributed by atoms with E-state index in [2.05, 4.69) is 32.4 Å². The monoisotopic (exact) mass is 422 g/mol. The van der Waals surface area contributed by atoms with Gasteiger partial charge in [-0.1, -0.05) is 5.92 Å². The van der Waals surface area contributed by atoms with E-state index in [0.29, 0.717) is 30.2 Å². The van der Waals surface area contributed by atoms with Crippen molar-refractivity contribution in [1.29, 1.82) is 0 Å². The zero-order valence-corrected chi connectivity index (χ0v) is 17.3. The number of aliphatic hydroxyl groups is 1. The molecule has 3 N–H and O–H groups in total. The fourth-order valence-electron chi connectivity index (χ4n) is 3.34. The van der Waals surface area contributed by atoms with E-state index in [1.165, 1.54) is 6.26 Å². The van der Waals surface area contributed by atoms with Crippen LogP contribution in [0.5, 0.6) is 0 Å². The number of piperidine rings is 1. The Balaban J connectivity index is 1.63. The second-order valence-electron chi connectivity index (χ2n) is 7.43. The van der Waals surface area contributed by atoms with Gasteiger partial charge in [-0.25, -0.2) is 18.4 Å². The maximum atomic E-state index is 11.6. The Morgan fingerprint density at radius 3 is 2.70 bits per heavy atom. The van der Waals surface area contributed by atoms with Gasteiger partial charge in [0.15, 0.2) is 9.84 Å². The van der Waals surface area contributed by atoms with Crippen LogP contribution in [0.15, 0.2) is 53.7 Å². The van der Waals surface area contributed by atoms with Gasteiger partial charge >= 0.3 is 0 Å². The summed E-state index contributed by atoms with van der Waals surface area (Å²) in [7, 11) is -3.24. The summed E-state index contributed by atoms with van der Waals surface area (Å²) in [5, 5.41) is 18.7. The summed E-state index contributed by atoms with van der Waals surface area (Å²) in [6.45, 7) is 1.34. The lowest BCUT2D eigenvalue weighted by Gasteiger charge is -2.27. The highest BCUT2D eigenvalue weighted by Crippen LogP contribution is 2.23. The number of benzene rings is 1. The fraction of sp³-hybridized carbons (Fsp3) is 0.273. The molecule has 0 amide bonds. The maximum Gasteiger partial charge on any atom is 0.175 e. The van der Waals surface area contributed by atoms with Gasteiger partial charge in [0, 0.05) is 41.7 Å². The Kier molecular flexibility index (Phi) is 5.43. The van der Waals surface area contributed by atoms with Crippen molar-refractivity contribution < 1.29 is 13.5 Å². The number of aromatic nitrogens is 2. The molecular formula is C22H22N4O3S. The number of fused-ring (bicyclic) bond motifs is 1. The fourth-order valence-corrected chi connectivity index (χ4v) is 3.97. The van der Waals surface area contributed by atoms with E-state index in [1.807, 2.05) is 12.1 Å². The normalized spacial score (nSPS) is 19.1. The molecule has 7 nitrogen and oxygen atoms in total. The van der Waals surface area contributed by atoms with Crippen LogP contribution in [0.1, 0.15) is 18.5 Å². The third-order valence-corrected chi connectivity index (χ3v) is 6.11. The molecule has 1 unspecified atom stereocenters. The van der Waals surface area contributed by atoms with Crippen molar-refractivity contribution in [3.8, 4) is 11.8 Å². The summed E-state index contributed by atoms with van der Waals surface area (Å²) in [5.41, 5.74) is 0.245. The SMILES string of the molecule is CS(=O)(=O)c1ccc(Nc2cc3c(C#CC4(O)CCCNC4)nccc3cn2)cc1. The van der Waals surface area contributed by atoms with Crippen molar-refractivity contribution in [2.75, 3.05) is 24.7 Å². The number of sulfone groups is 1. The Hall–Kier alpha value is -2.99. The molecule has 1 fully saturated rings. The van der Waals surface area contributed by atoms with Crippen LogP contribution in [0, 0.1) is 11.8 Å². The van der Waals surface area contributed by atoms with Crippen LogP contribution in [0.4, 0.5) is 11.5 Å². The van der Waals surface area contributed by atoms with Gasteiger partial charge < -0.3 is 15.7 Å². The van der Waals surface area contributed by atoms with E-state index in [4.69, 9.17) is 0 Å². The molecule has 0 spiro atoms. The molecule has 1 aromatic carbocycles. The quantitative estimate of drug-likeness (QED) is 0.556. The van der Waals surface area contributed by atoms with Crippen LogP contribution < -0.4 is 10.6 Å².